The molecule has 0 radical (unpaired) electrons. The Bertz CT molecular complexity index is 649. The lowest BCUT2D eigenvalue weighted by molar-refractivity contribution is 0.0697. The van der Waals surface area contributed by atoms with Crippen LogP contribution < -0.4 is 5.32 Å². The van der Waals surface area contributed by atoms with Crippen LogP contribution in [0.3, 0.4) is 0 Å². The van der Waals surface area contributed by atoms with E-state index in [1.165, 1.54) is 18.2 Å². The summed E-state index contributed by atoms with van der Waals surface area (Å²) < 4.78 is 14.4. The Morgan fingerprint density at radius 3 is 2.68 bits per heavy atom. The first-order chi connectivity index (χ1) is 8.99. The molecule has 0 aliphatic heterocycles. The Hall–Kier alpha value is -1.59. The van der Waals surface area contributed by atoms with E-state index < -0.39 is 11.8 Å². The highest BCUT2D eigenvalue weighted by Crippen LogP contribution is 2.29. The summed E-state index contributed by atoms with van der Waals surface area (Å²) in [5, 5.41) is 12.2. The lowest BCUT2D eigenvalue weighted by Crippen LogP contribution is -2.04. The molecule has 2 aromatic rings. The number of nitrogens with one attached hydrogen (secondary N) is 1. The molecule has 98 valence electrons. The van der Waals surface area contributed by atoms with Crippen LogP contribution in [-0.4, -0.2) is 11.1 Å². The number of aromatic carboxylic acids is 1. The van der Waals surface area contributed by atoms with Gasteiger partial charge in [0.2, 0.25) is 0 Å². The van der Waals surface area contributed by atoms with Crippen LogP contribution in [0.1, 0.15) is 10.4 Å². The van der Waals surface area contributed by atoms with Gasteiger partial charge in [-0.1, -0.05) is 17.7 Å². The number of hydrogen-bond donors (Lipinski definition) is 2. The summed E-state index contributed by atoms with van der Waals surface area (Å²) in [7, 11) is 0. The predicted octanol–water partition coefficient (Wildman–Crippen LogP) is 4.68. The zero-order chi connectivity index (χ0) is 14.0. The fourth-order valence-electron chi connectivity index (χ4n) is 1.55. The standard InChI is InChI=1S/C13H8BrClFNO2/c14-9-5-4-7(6-10(9)15)17-12-8(13(18)19)2-1-3-11(12)16/h1-6,17H,(H,18,19). The third-order valence-corrected chi connectivity index (χ3v) is 3.67. The third kappa shape index (κ3) is 3.05. The van der Waals surface area contributed by atoms with Gasteiger partial charge in [-0.15, -0.1) is 0 Å². The molecule has 0 aliphatic carbocycles. The second kappa shape index (κ2) is 5.59. The van der Waals surface area contributed by atoms with E-state index in [4.69, 9.17) is 16.7 Å². The second-order valence-corrected chi connectivity index (χ2v) is 4.98. The van der Waals surface area contributed by atoms with E-state index in [9.17, 15) is 9.18 Å². The zero-order valence-electron chi connectivity index (χ0n) is 9.45. The molecule has 0 unspecified atom stereocenters. The second-order valence-electron chi connectivity index (χ2n) is 3.72. The summed E-state index contributed by atoms with van der Waals surface area (Å²) in [5.74, 6) is -1.84. The molecule has 2 aromatic carbocycles. The van der Waals surface area contributed by atoms with Gasteiger partial charge in [0, 0.05) is 10.2 Å². The van der Waals surface area contributed by atoms with Crippen LogP contribution in [0, 0.1) is 5.82 Å². The molecule has 0 amide bonds. The number of carbonyl (C=O) groups is 1. The van der Waals surface area contributed by atoms with Gasteiger partial charge < -0.3 is 10.4 Å². The number of carboxylic acids is 1. The Labute approximate surface area is 122 Å². The number of para-hydroxylation sites is 1. The minimum Gasteiger partial charge on any atom is -0.478 e. The molecule has 0 heterocycles. The highest BCUT2D eigenvalue weighted by atomic mass is 79.9. The predicted molar refractivity (Wildman–Crippen MR) is 75.8 cm³/mol. The first-order valence-electron chi connectivity index (χ1n) is 5.23. The summed E-state index contributed by atoms with van der Waals surface area (Å²) >= 11 is 9.16. The highest BCUT2D eigenvalue weighted by Gasteiger charge is 2.14. The van der Waals surface area contributed by atoms with E-state index in [-0.39, 0.29) is 11.3 Å². The maximum Gasteiger partial charge on any atom is 0.337 e. The van der Waals surface area contributed by atoms with Crippen LogP contribution in [0.4, 0.5) is 15.8 Å². The van der Waals surface area contributed by atoms with E-state index in [2.05, 4.69) is 21.2 Å². The van der Waals surface area contributed by atoms with Crippen LogP contribution >= 0.6 is 27.5 Å². The van der Waals surface area contributed by atoms with E-state index in [0.717, 1.165) is 0 Å². The first-order valence-corrected chi connectivity index (χ1v) is 6.40. The molecule has 3 nitrogen and oxygen atoms in total. The molecule has 2 N–H and O–H groups in total. The molecule has 0 aromatic heterocycles. The van der Waals surface area contributed by atoms with E-state index in [1.54, 1.807) is 18.2 Å². The van der Waals surface area contributed by atoms with Gasteiger partial charge in [0.15, 0.2) is 0 Å². The summed E-state index contributed by atoms with van der Waals surface area (Å²) in [4.78, 5) is 11.0. The smallest absolute Gasteiger partial charge is 0.337 e. The molecule has 0 saturated heterocycles. The highest BCUT2D eigenvalue weighted by molar-refractivity contribution is 9.10. The van der Waals surface area contributed by atoms with Gasteiger partial charge in [0.05, 0.1) is 16.3 Å². The minimum atomic E-state index is -1.20. The van der Waals surface area contributed by atoms with Crippen LogP contribution in [0.25, 0.3) is 0 Å². The van der Waals surface area contributed by atoms with Gasteiger partial charge in [-0.3, -0.25) is 0 Å². The molecule has 0 fully saturated rings. The molecule has 0 spiro atoms. The van der Waals surface area contributed by atoms with Crippen molar-refractivity contribution < 1.29 is 14.3 Å². The minimum absolute atomic E-state index is 0.0895. The Morgan fingerprint density at radius 1 is 1.32 bits per heavy atom. The lowest BCUT2D eigenvalue weighted by atomic mass is 10.1. The number of hydrogen-bond acceptors (Lipinski definition) is 2. The number of anilines is 2. The van der Waals surface area contributed by atoms with Crippen molar-refractivity contribution in [2.24, 2.45) is 0 Å². The van der Waals surface area contributed by atoms with E-state index in [1.807, 2.05) is 0 Å². The topological polar surface area (TPSA) is 49.3 Å². The van der Waals surface area contributed by atoms with Crippen LogP contribution in [0.2, 0.25) is 5.02 Å². The summed E-state index contributed by atoms with van der Waals surface area (Å²) in [6.45, 7) is 0. The maximum atomic E-state index is 13.7. The van der Waals surface area contributed by atoms with Crippen molar-refractivity contribution in [2.75, 3.05) is 5.32 Å². The normalized spacial score (nSPS) is 10.3. The van der Waals surface area contributed by atoms with Gasteiger partial charge >= 0.3 is 5.97 Å². The number of carboxylic acid groups (broad SMARTS) is 1. The van der Waals surface area contributed by atoms with E-state index >= 15 is 0 Å². The molecule has 0 bridgehead atoms. The largest absolute Gasteiger partial charge is 0.478 e. The monoisotopic (exact) mass is 343 g/mol. The fourth-order valence-corrected chi connectivity index (χ4v) is 1.97. The molecule has 0 aliphatic rings. The van der Waals surface area contributed by atoms with Crippen molar-refractivity contribution >= 4 is 44.9 Å². The zero-order valence-corrected chi connectivity index (χ0v) is 11.8. The first kappa shape index (κ1) is 13.8. The lowest BCUT2D eigenvalue weighted by Gasteiger charge is -2.11. The van der Waals surface area contributed by atoms with Gasteiger partial charge in [0.1, 0.15) is 5.82 Å². The molecular formula is C13H8BrClFNO2. The average Bonchev–Trinajstić information content (AvgIpc) is 2.36. The van der Waals surface area contributed by atoms with E-state index in [0.29, 0.717) is 15.2 Å². The van der Waals surface area contributed by atoms with Crippen molar-refractivity contribution in [3.05, 3.63) is 57.3 Å². The number of rotatable bonds is 3. The van der Waals surface area contributed by atoms with Gasteiger partial charge in [-0.05, 0) is 46.3 Å². The SMILES string of the molecule is O=C(O)c1cccc(F)c1Nc1ccc(Br)c(Cl)c1. The Morgan fingerprint density at radius 2 is 2.05 bits per heavy atom. The summed E-state index contributed by atoms with van der Waals surface area (Å²) in [6.07, 6.45) is 0. The molecule has 6 heteroatoms. The fraction of sp³-hybridized carbons (Fsp3) is 0. The molecule has 0 saturated carbocycles. The Balaban J connectivity index is 2.42. The molecular weight excluding hydrogens is 337 g/mol. The van der Waals surface area contributed by atoms with Crippen molar-refractivity contribution in [3.63, 3.8) is 0 Å². The van der Waals surface area contributed by atoms with Crippen molar-refractivity contribution in [3.8, 4) is 0 Å². The quantitative estimate of drug-likeness (QED) is 0.849. The number of halogens is 3. The van der Waals surface area contributed by atoms with Gasteiger partial charge in [-0.2, -0.15) is 0 Å². The van der Waals surface area contributed by atoms with Crippen molar-refractivity contribution in [2.45, 2.75) is 0 Å². The molecule has 0 atom stereocenters. The van der Waals surface area contributed by atoms with Crippen molar-refractivity contribution in [1.29, 1.82) is 0 Å². The number of benzene rings is 2. The Kier molecular flexibility index (Phi) is 4.07. The molecule has 2 rings (SSSR count). The van der Waals surface area contributed by atoms with Gasteiger partial charge in [0.25, 0.3) is 0 Å². The van der Waals surface area contributed by atoms with Crippen molar-refractivity contribution in [1.82, 2.24) is 0 Å². The summed E-state index contributed by atoms with van der Waals surface area (Å²) in [5.41, 5.74) is 0.272. The maximum absolute atomic E-state index is 13.7. The third-order valence-electron chi connectivity index (χ3n) is 2.43. The molecule has 19 heavy (non-hydrogen) atoms. The van der Waals surface area contributed by atoms with Crippen LogP contribution in [-0.2, 0) is 0 Å². The van der Waals surface area contributed by atoms with Gasteiger partial charge in [-0.25, -0.2) is 9.18 Å². The van der Waals surface area contributed by atoms with Crippen LogP contribution in [0.15, 0.2) is 40.9 Å². The van der Waals surface area contributed by atoms with Crippen LogP contribution in [0.5, 0.6) is 0 Å². The average molecular weight is 345 g/mol. The summed E-state index contributed by atoms with van der Waals surface area (Å²) in [6, 6.07) is 8.78.